The number of halogens is 2. The normalized spacial score (nSPS) is 18.8. The molecule has 2 aromatic rings. The predicted molar refractivity (Wildman–Crippen MR) is 98.1 cm³/mol. The maximum atomic E-state index is 14.8. The summed E-state index contributed by atoms with van der Waals surface area (Å²) in [7, 11) is 0.885. The van der Waals surface area contributed by atoms with E-state index in [0.717, 1.165) is 0 Å². The Labute approximate surface area is 153 Å². The highest BCUT2D eigenvalue weighted by atomic mass is 19.3. The molecule has 3 nitrogen and oxygen atoms in total. The van der Waals surface area contributed by atoms with Gasteiger partial charge in [0.25, 0.3) is 5.92 Å². The molecule has 1 aliphatic heterocycles. The first-order valence-corrected chi connectivity index (χ1v) is 8.55. The molecule has 1 aliphatic rings. The van der Waals surface area contributed by atoms with Crippen LogP contribution in [-0.2, 0) is 15.2 Å². The molecule has 26 heavy (non-hydrogen) atoms. The fourth-order valence-corrected chi connectivity index (χ4v) is 2.81. The van der Waals surface area contributed by atoms with Gasteiger partial charge in [0.05, 0.1) is 18.3 Å². The van der Waals surface area contributed by atoms with Crippen LogP contribution in [0.15, 0.2) is 48.5 Å². The van der Waals surface area contributed by atoms with Crippen molar-refractivity contribution >= 4 is 12.6 Å². The summed E-state index contributed by atoms with van der Waals surface area (Å²) in [4.78, 5) is 0. The van der Waals surface area contributed by atoms with Gasteiger partial charge in [0.1, 0.15) is 5.75 Å². The van der Waals surface area contributed by atoms with E-state index in [9.17, 15) is 8.78 Å². The lowest BCUT2D eigenvalue weighted by Gasteiger charge is -2.32. The molecule has 0 saturated carbocycles. The summed E-state index contributed by atoms with van der Waals surface area (Å²) in [5.41, 5.74) is -0.429. The largest absolute Gasteiger partial charge is 0.497 e. The molecule has 1 saturated heterocycles. The van der Waals surface area contributed by atoms with E-state index < -0.39 is 24.2 Å². The summed E-state index contributed by atoms with van der Waals surface area (Å²) in [6.07, 6.45) is 0. The molecule has 138 valence electrons. The third-order valence-electron chi connectivity index (χ3n) is 5.23. The van der Waals surface area contributed by atoms with Crippen molar-refractivity contribution in [1.82, 2.24) is 0 Å². The highest BCUT2D eigenvalue weighted by Crippen LogP contribution is 2.38. The van der Waals surface area contributed by atoms with Crippen molar-refractivity contribution in [2.75, 3.05) is 7.11 Å². The van der Waals surface area contributed by atoms with Crippen LogP contribution in [0.25, 0.3) is 0 Å². The maximum Gasteiger partial charge on any atom is 0.494 e. The van der Waals surface area contributed by atoms with Crippen molar-refractivity contribution in [2.45, 2.75) is 44.8 Å². The summed E-state index contributed by atoms with van der Waals surface area (Å²) in [5.74, 6) is -2.72. The van der Waals surface area contributed by atoms with E-state index in [2.05, 4.69) is 0 Å². The zero-order chi connectivity index (χ0) is 19.2. The molecule has 0 aliphatic carbocycles. The van der Waals surface area contributed by atoms with Crippen LogP contribution in [0.5, 0.6) is 5.75 Å². The Kier molecular flexibility index (Phi) is 4.61. The summed E-state index contributed by atoms with van der Waals surface area (Å²) < 4.78 is 46.7. The van der Waals surface area contributed by atoms with Crippen molar-refractivity contribution in [3.63, 3.8) is 0 Å². The second-order valence-electron chi connectivity index (χ2n) is 7.52. The molecule has 6 heteroatoms. The molecular weight excluding hydrogens is 337 g/mol. The highest BCUT2D eigenvalue weighted by Gasteiger charge is 2.51. The van der Waals surface area contributed by atoms with E-state index in [1.165, 1.54) is 31.4 Å². The zero-order valence-electron chi connectivity index (χ0n) is 15.7. The van der Waals surface area contributed by atoms with Gasteiger partial charge in [-0.05, 0) is 45.3 Å². The van der Waals surface area contributed by atoms with Crippen LogP contribution in [0.1, 0.15) is 38.8 Å². The van der Waals surface area contributed by atoms with Crippen molar-refractivity contribution < 1.29 is 22.8 Å². The van der Waals surface area contributed by atoms with E-state index in [0.29, 0.717) is 11.2 Å². The number of hydrogen-bond acceptors (Lipinski definition) is 3. The van der Waals surface area contributed by atoms with E-state index in [-0.39, 0.29) is 11.1 Å². The van der Waals surface area contributed by atoms with Gasteiger partial charge in [0.2, 0.25) is 0 Å². The van der Waals surface area contributed by atoms with Crippen molar-refractivity contribution in [3.05, 3.63) is 59.7 Å². The molecule has 3 rings (SSSR count). The van der Waals surface area contributed by atoms with Gasteiger partial charge in [-0.1, -0.05) is 36.4 Å². The maximum absolute atomic E-state index is 14.8. The summed E-state index contributed by atoms with van der Waals surface area (Å²) in [6, 6.07) is 12.0. The first-order valence-electron chi connectivity index (χ1n) is 8.55. The SMILES string of the molecule is COc1cccc(C(F)(F)c2ccc(B3OC(C)(C)C(C)(C)O3)cc2)c1. The van der Waals surface area contributed by atoms with Gasteiger partial charge < -0.3 is 14.0 Å². The fraction of sp³-hybridized carbons (Fsp3) is 0.400. The number of benzene rings is 2. The van der Waals surface area contributed by atoms with Crippen LogP contribution >= 0.6 is 0 Å². The number of methoxy groups -OCH3 is 1. The predicted octanol–water partition coefficient (Wildman–Crippen LogP) is 4.13. The summed E-state index contributed by atoms with van der Waals surface area (Å²) in [6.45, 7) is 7.83. The van der Waals surface area contributed by atoms with E-state index in [4.69, 9.17) is 14.0 Å². The second kappa shape index (κ2) is 6.36. The lowest BCUT2D eigenvalue weighted by molar-refractivity contribution is 0.00578. The van der Waals surface area contributed by atoms with E-state index in [1.807, 2.05) is 27.7 Å². The molecule has 0 radical (unpaired) electrons. The van der Waals surface area contributed by atoms with E-state index in [1.54, 1.807) is 24.3 Å². The minimum atomic E-state index is -3.12. The molecule has 0 unspecified atom stereocenters. The van der Waals surface area contributed by atoms with Gasteiger partial charge >= 0.3 is 7.12 Å². The number of rotatable bonds is 4. The number of hydrogen-bond donors (Lipinski definition) is 0. The Bertz CT molecular complexity index is 772. The first-order chi connectivity index (χ1) is 12.1. The molecule has 0 spiro atoms. The van der Waals surface area contributed by atoms with Crippen LogP contribution in [0.4, 0.5) is 8.78 Å². The van der Waals surface area contributed by atoms with Crippen molar-refractivity contribution in [1.29, 1.82) is 0 Å². The van der Waals surface area contributed by atoms with E-state index >= 15 is 0 Å². The topological polar surface area (TPSA) is 27.7 Å². The molecular formula is C20H23BF2O3. The van der Waals surface area contributed by atoms with Crippen LogP contribution in [0.2, 0.25) is 0 Å². The van der Waals surface area contributed by atoms with Crippen LogP contribution in [-0.4, -0.2) is 25.4 Å². The Morgan fingerprint density at radius 2 is 1.46 bits per heavy atom. The molecule has 0 amide bonds. The monoisotopic (exact) mass is 360 g/mol. The average Bonchev–Trinajstić information content (AvgIpc) is 2.83. The molecule has 0 N–H and O–H groups in total. The number of alkyl halides is 2. The molecule has 0 aromatic heterocycles. The van der Waals surface area contributed by atoms with Crippen LogP contribution in [0, 0.1) is 0 Å². The minimum absolute atomic E-state index is 0.0916. The van der Waals surface area contributed by atoms with Gasteiger partial charge in [-0.25, -0.2) is 0 Å². The zero-order valence-corrected chi connectivity index (χ0v) is 15.7. The highest BCUT2D eigenvalue weighted by molar-refractivity contribution is 6.62. The second-order valence-corrected chi connectivity index (χ2v) is 7.52. The Morgan fingerprint density at radius 3 is 2.00 bits per heavy atom. The molecule has 1 fully saturated rings. The lowest BCUT2D eigenvalue weighted by atomic mass is 9.78. The first kappa shape index (κ1) is 18.9. The summed E-state index contributed by atoms with van der Waals surface area (Å²) in [5, 5.41) is 0. The molecule has 0 bridgehead atoms. The van der Waals surface area contributed by atoms with Gasteiger partial charge in [-0.2, -0.15) is 8.78 Å². The van der Waals surface area contributed by atoms with Crippen molar-refractivity contribution in [3.8, 4) is 5.75 Å². The third-order valence-corrected chi connectivity index (χ3v) is 5.23. The molecule has 2 aromatic carbocycles. The number of ether oxygens (including phenoxy) is 1. The van der Waals surface area contributed by atoms with Gasteiger partial charge in [-0.15, -0.1) is 0 Å². The molecule has 1 heterocycles. The Morgan fingerprint density at radius 1 is 0.885 bits per heavy atom. The summed E-state index contributed by atoms with van der Waals surface area (Å²) >= 11 is 0. The molecule has 0 atom stereocenters. The van der Waals surface area contributed by atoms with Gasteiger partial charge in [-0.3, -0.25) is 0 Å². The minimum Gasteiger partial charge on any atom is -0.497 e. The average molecular weight is 360 g/mol. The van der Waals surface area contributed by atoms with Crippen molar-refractivity contribution in [2.24, 2.45) is 0 Å². The van der Waals surface area contributed by atoms with Crippen LogP contribution in [0.3, 0.4) is 0 Å². The van der Waals surface area contributed by atoms with Gasteiger partial charge in [0, 0.05) is 11.1 Å². The van der Waals surface area contributed by atoms with Gasteiger partial charge in [0.15, 0.2) is 0 Å². The Hall–Kier alpha value is -1.92. The standard InChI is InChI=1S/C20H23BF2O3/c1-18(2)19(3,4)26-21(25-18)16-11-9-14(10-12-16)20(22,23)15-7-6-8-17(13-15)24-5/h6-13H,1-5H3. The fourth-order valence-electron chi connectivity index (χ4n) is 2.81. The lowest BCUT2D eigenvalue weighted by Crippen LogP contribution is -2.41. The Balaban J connectivity index is 1.85. The quantitative estimate of drug-likeness (QED) is 0.768. The smallest absolute Gasteiger partial charge is 0.494 e. The third kappa shape index (κ3) is 3.24. The van der Waals surface area contributed by atoms with Crippen LogP contribution < -0.4 is 10.2 Å².